The van der Waals surface area contributed by atoms with Crippen molar-refractivity contribution in [1.29, 1.82) is 0 Å². The fourth-order valence-electron chi connectivity index (χ4n) is 10.1. The average molecular weight is 728 g/mol. The Balaban J connectivity index is 1.14. The van der Waals surface area contributed by atoms with Crippen molar-refractivity contribution in [2.24, 2.45) is 0 Å². The molecule has 11 aromatic rings. The predicted octanol–water partition coefficient (Wildman–Crippen LogP) is 13.5. The van der Waals surface area contributed by atoms with Gasteiger partial charge in [-0.15, -0.1) is 0 Å². The zero-order valence-corrected chi connectivity index (χ0v) is 32.3. The smallest absolute Gasteiger partial charge is 0.113 e. The van der Waals surface area contributed by atoms with Gasteiger partial charge in [-0.3, -0.25) is 0 Å². The summed E-state index contributed by atoms with van der Waals surface area (Å²) in [4.78, 5) is 0. The highest BCUT2D eigenvalue weighted by molar-refractivity contribution is 7.03. The number of hydrogen-bond acceptors (Lipinski definition) is 0. The minimum atomic E-state index is -1.88. The molecule has 1 aromatic heterocycles. The van der Waals surface area contributed by atoms with Crippen molar-refractivity contribution in [3.63, 3.8) is 0 Å². The average Bonchev–Trinajstić information content (AvgIpc) is 3.70. The van der Waals surface area contributed by atoms with E-state index in [1.807, 2.05) is 0 Å². The Morgan fingerprint density at radius 3 is 1.36 bits per heavy atom. The first-order valence-corrected chi connectivity index (χ1v) is 22.7. The molecule has 10 aromatic carbocycles. The molecule has 0 saturated heterocycles. The predicted molar refractivity (Wildman–Crippen MR) is 244 cm³/mol. The van der Waals surface area contributed by atoms with Crippen LogP contribution in [0.25, 0.3) is 104 Å². The van der Waals surface area contributed by atoms with Crippen LogP contribution >= 0.6 is 0 Å². The molecule has 0 N–H and O–H groups in total. The molecule has 0 spiro atoms. The van der Waals surface area contributed by atoms with Gasteiger partial charge in [0.15, 0.2) is 0 Å². The largest absolute Gasteiger partial charge is 0.309 e. The van der Waals surface area contributed by atoms with Gasteiger partial charge >= 0.3 is 0 Å². The number of hydrogen-bond donors (Lipinski definition) is 0. The molecule has 2 heteroatoms. The molecule has 0 unspecified atom stereocenters. The lowest BCUT2D eigenvalue weighted by Gasteiger charge is -2.20. The molecular weight excluding hydrogens is 691 g/mol. The molecule has 0 radical (unpaired) electrons. The van der Waals surface area contributed by atoms with Crippen molar-refractivity contribution >= 4 is 83.3 Å². The van der Waals surface area contributed by atoms with Crippen molar-refractivity contribution in [1.82, 2.24) is 4.57 Å². The van der Waals surface area contributed by atoms with Crippen LogP contribution in [0.5, 0.6) is 0 Å². The first-order valence-electron chi connectivity index (χ1n) is 19.7. The van der Waals surface area contributed by atoms with Crippen LogP contribution in [0, 0.1) is 0 Å². The van der Waals surface area contributed by atoms with E-state index in [0.717, 1.165) is 0 Å². The third-order valence-corrected chi connectivity index (χ3v) is 16.3. The lowest BCUT2D eigenvalue weighted by molar-refractivity contribution is 1.18. The standard InChI is InChI=1S/C54H37NSi/c1-56(2)53-22-12-11-21-45(53)46-26-25-38(33-54(46)56)55-51-27-23-36(47-29-34-13-3-5-15-39(34)41-17-7-9-19-43(41)47)31-49(51)50-32-37(24-28-52(50)55)48-30-35-14-4-6-16-40(35)42-18-8-10-20-44(42)48/h3-33H,1-2H3. The van der Waals surface area contributed by atoms with Crippen LogP contribution in [0.2, 0.25) is 13.1 Å². The summed E-state index contributed by atoms with van der Waals surface area (Å²) in [5.41, 5.74) is 11.5. The van der Waals surface area contributed by atoms with E-state index >= 15 is 0 Å². The van der Waals surface area contributed by atoms with E-state index in [-0.39, 0.29) is 0 Å². The summed E-state index contributed by atoms with van der Waals surface area (Å²) in [5, 5.41) is 15.8. The molecule has 12 rings (SSSR count). The van der Waals surface area contributed by atoms with E-state index in [9.17, 15) is 0 Å². The Morgan fingerprint density at radius 1 is 0.321 bits per heavy atom. The van der Waals surface area contributed by atoms with Gasteiger partial charge in [0.2, 0.25) is 0 Å². The molecule has 0 atom stereocenters. The maximum absolute atomic E-state index is 2.52. The number of benzene rings is 10. The Hall–Kier alpha value is -6.74. The number of rotatable bonds is 3. The quantitative estimate of drug-likeness (QED) is 0.126. The minimum absolute atomic E-state index is 1.23. The van der Waals surface area contributed by atoms with Gasteiger partial charge in [0.1, 0.15) is 8.07 Å². The third-order valence-electron chi connectivity index (χ3n) is 12.7. The molecule has 0 bridgehead atoms. The van der Waals surface area contributed by atoms with Gasteiger partial charge in [-0.1, -0.05) is 153 Å². The monoisotopic (exact) mass is 727 g/mol. The van der Waals surface area contributed by atoms with E-state index in [0.29, 0.717) is 0 Å². The summed E-state index contributed by atoms with van der Waals surface area (Å²) < 4.78 is 2.52. The van der Waals surface area contributed by atoms with Gasteiger partial charge in [0, 0.05) is 16.5 Å². The third kappa shape index (κ3) is 4.42. The fourth-order valence-corrected chi connectivity index (χ4v) is 13.1. The Labute approximate surface area is 326 Å². The summed E-state index contributed by atoms with van der Waals surface area (Å²) >= 11 is 0. The number of aromatic nitrogens is 1. The lowest BCUT2D eigenvalue weighted by atomic mass is 9.92. The zero-order valence-electron chi connectivity index (χ0n) is 31.3. The summed E-state index contributed by atoms with van der Waals surface area (Å²) in [6, 6.07) is 70.7. The normalized spacial score (nSPS) is 13.3. The molecule has 262 valence electrons. The Morgan fingerprint density at radius 2 is 0.786 bits per heavy atom. The van der Waals surface area contributed by atoms with E-state index in [2.05, 4.69) is 206 Å². The molecule has 1 aliphatic rings. The lowest BCUT2D eigenvalue weighted by Crippen LogP contribution is -2.49. The molecule has 1 aliphatic heterocycles. The Bertz CT molecular complexity index is 3280. The van der Waals surface area contributed by atoms with Gasteiger partial charge in [-0.25, -0.2) is 0 Å². The molecule has 2 heterocycles. The first-order chi connectivity index (χ1) is 27.5. The first kappa shape index (κ1) is 31.6. The second-order valence-electron chi connectivity index (χ2n) is 16.1. The van der Waals surface area contributed by atoms with E-state index < -0.39 is 8.07 Å². The topological polar surface area (TPSA) is 4.93 Å². The molecule has 56 heavy (non-hydrogen) atoms. The van der Waals surface area contributed by atoms with Crippen LogP contribution in [-0.2, 0) is 0 Å². The van der Waals surface area contributed by atoms with Crippen molar-refractivity contribution < 1.29 is 0 Å². The molecule has 0 amide bonds. The van der Waals surface area contributed by atoms with Crippen LogP contribution in [0.3, 0.4) is 0 Å². The van der Waals surface area contributed by atoms with E-state index in [1.54, 1.807) is 0 Å². The molecule has 1 nitrogen and oxygen atoms in total. The van der Waals surface area contributed by atoms with E-state index in [4.69, 9.17) is 0 Å². The summed E-state index contributed by atoms with van der Waals surface area (Å²) in [5.74, 6) is 0. The second-order valence-corrected chi connectivity index (χ2v) is 20.4. The van der Waals surface area contributed by atoms with Crippen LogP contribution in [-0.4, -0.2) is 12.6 Å². The van der Waals surface area contributed by atoms with Gasteiger partial charge in [-0.2, -0.15) is 0 Å². The second kappa shape index (κ2) is 11.6. The van der Waals surface area contributed by atoms with Crippen molar-refractivity contribution in [2.45, 2.75) is 13.1 Å². The maximum Gasteiger partial charge on any atom is 0.113 e. The zero-order chi connectivity index (χ0) is 37.1. The van der Waals surface area contributed by atoms with Crippen LogP contribution in [0.15, 0.2) is 188 Å². The summed E-state index contributed by atoms with van der Waals surface area (Å²) in [7, 11) is -1.88. The SMILES string of the molecule is C[Si]1(C)c2ccccc2-c2ccc(-n3c4ccc(-c5cc6ccccc6c6ccccc56)cc4c4cc(-c5cc6ccccc6c6ccccc56)ccc43)cc21. The van der Waals surface area contributed by atoms with E-state index in [1.165, 1.54) is 114 Å². The van der Waals surface area contributed by atoms with Gasteiger partial charge in [0.25, 0.3) is 0 Å². The molecule has 0 saturated carbocycles. The molecule has 0 fully saturated rings. The van der Waals surface area contributed by atoms with Crippen LogP contribution in [0.4, 0.5) is 0 Å². The molecule has 0 aliphatic carbocycles. The highest BCUT2D eigenvalue weighted by Crippen LogP contribution is 2.42. The highest BCUT2D eigenvalue weighted by Gasteiger charge is 2.37. The number of nitrogens with zero attached hydrogens (tertiary/aromatic N) is 1. The fraction of sp³-hybridized carbons (Fsp3) is 0.0370. The van der Waals surface area contributed by atoms with Gasteiger partial charge in [-0.05, 0) is 135 Å². The van der Waals surface area contributed by atoms with Gasteiger partial charge < -0.3 is 4.57 Å². The van der Waals surface area contributed by atoms with Crippen LogP contribution < -0.4 is 10.4 Å². The molecular formula is C54H37NSi. The highest BCUT2D eigenvalue weighted by atomic mass is 28.3. The maximum atomic E-state index is 2.52. The Kier molecular flexibility index (Phi) is 6.56. The summed E-state index contributed by atoms with van der Waals surface area (Å²) in [6.07, 6.45) is 0. The van der Waals surface area contributed by atoms with Crippen molar-refractivity contribution in [2.75, 3.05) is 0 Å². The van der Waals surface area contributed by atoms with Crippen LogP contribution in [0.1, 0.15) is 0 Å². The minimum Gasteiger partial charge on any atom is -0.309 e. The van der Waals surface area contributed by atoms with Gasteiger partial charge in [0.05, 0.1) is 11.0 Å². The summed E-state index contributed by atoms with van der Waals surface area (Å²) in [6.45, 7) is 5.02. The van der Waals surface area contributed by atoms with Crippen molar-refractivity contribution in [3.8, 4) is 39.1 Å². The van der Waals surface area contributed by atoms with Crippen molar-refractivity contribution in [3.05, 3.63) is 188 Å². The number of fused-ring (bicyclic) bond motifs is 12.